The van der Waals surface area contributed by atoms with Crippen LogP contribution in [-0.2, 0) is 6.42 Å². The number of aromatic nitrogens is 1. The van der Waals surface area contributed by atoms with E-state index in [9.17, 15) is 0 Å². The van der Waals surface area contributed by atoms with Gasteiger partial charge in [0.05, 0.1) is 0 Å². The van der Waals surface area contributed by atoms with Crippen LogP contribution in [0.5, 0.6) is 0 Å². The second kappa shape index (κ2) is 7.49. The van der Waals surface area contributed by atoms with E-state index in [4.69, 9.17) is 0 Å². The quantitative estimate of drug-likeness (QED) is 0.834. The number of nitrogens with one attached hydrogen (secondary N) is 1. The summed E-state index contributed by atoms with van der Waals surface area (Å²) in [5, 5.41) is 3.45. The van der Waals surface area contributed by atoms with Crippen molar-refractivity contribution in [3.8, 4) is 0 Å². The molecule has 0 unspecified atom stereocenters. The Bertz CT molecular complexity index is 320. The summed E-state index contributed by atoms with van der Waals surface area (Å²) in [4.78, 5) is 6.87. The lowest BCUT2D eigenvalue weighted by molar-refractivity contribution is 0.164. The molecule has 0 radical (unpaired) electrons. The molecule has 0 atom stereocenters. The van der Waals surface area contributed by atoms with Crippen molar-refractivity contribution in [3.63, 3.8) is 0 Å². The lowest BCUT2D eigenvalue weighted by atomic mass is 10.0. The molecule has 1 aliphatic rings. The van der Waals surface area contributed by atoms with Crippen molar-refractivity contribution >= 4 is 0 Å². The van der Waals surface area contributed by atoms with Gasteiger partial charge >= 0.3 is 0 Å². The molecule has 1 N–H and O–H groups in total. The Labute approximate surface area is 111 Å². The average molecular weight is 247 g/mol. The van der Waals surface area contributed by atoms with E-state index >= 15 is 0 Å². The van der Waals surface area contributed by atoms with E-state index in [1.807, 2.05) is 18.5 Å². The van der Waals surface area contributed by atoms with Crippen LogP contribution in [0.2, 0.25) is 0 Å². The van der Waals surface area contributed by atoms with Crippen molar-refractivity contribution in [2.75, 3.05) is 26.2 Å². The average Bonchev–Trinajstić information content (AvgIpc) is 2.45. The first-order valence-electron chi connectivity index (χ1n) is 7.24. The van der Waals surface area contributed by atoms with E-state index in [-0.39, 0.29) is 0 Å². The molecule has 0 amide bonds. The number of pyridine rings is 1. The largest absolute Gasteiger partial charge is 0.317 e. The molecule has 0 spiro atoms. The van der Waals surface area contributed by atoms with Crippen LogP contribution in [0.3, 0.4) is 0 Å². The summed E-state index contributed by atoms with van der Waals surface area (Å²) in [6, 6.07) is 4.99. The van der Waals surface area contributed by atoms with Gasteiger partial charge in [-0.05, 0) is 56.9 Å². The number of rotatable bonds is 6. The van der Waals surface area contributed by atoms with E-state index in [1.165, 1.54) is 51.0 Å². The van der Waals surface area contributed by atoms with E-state index < -0.39 is 0 Å². The number of hydrogen-bond donors (Lipinski definition) is 1. The van der Waals surface area contributed by atoms with Crippen molar-refractivity contribution in [1.29, 1.82) is 0 Å². The molecule has 2 heterocycles. The van der Waals surface area contributed by atoms with Crippen molar-refractivity contribution in [3.05, 3.63) is 30.1 Å². The molecule has 0 aromatic carbocycles. The Balaban J connectivity index is 1.85. The van der Waals surface area contributed by atoms with Gasteiger partial charge in [-0.25, -0.2) is 0 Å². The first-order chi connectivity index (χ1) is 8.90. The van der Waals surface area contributed by atoms with Gasteiger partial charge in [0.2, 0.25) is 0 Å². The van der Waals surface area contributed by atoms with E-state index in [0.717, 1.165) is 12.5 Å². The van der Waals surface area contributed by atoms with E-state index in [0.29, 0.717) is 0 Å². The third kappa shape index (κ3) is 4.07. The fourth-order valence-electron chi connectivity index (χ4n) is 2.75. The third-order valence-corrected chi connectivity index (χ3v) is 3.75. The van der Waals surface area contributed by atoms with Gasteiger partial charge in [0.15, 0.2) is 0 Å². The van der Waals surface area contributed by atoms with E-state index in [2.05, 4.69) is 28.2 Å². The van der Waals surface area contributed by atoms with Crippen LogP contribution < -0.4 is 5.32 Å². The van der Waals surface area contributed by atoms with Crippen LogP contribution in [0.4, 0.5) is 0 Å². The van der Waals surface area contributed by atoms with Gasteiger partial charge in [-0.15, -0.1) is 0 Å². The van der Waals surface area contributed by atoms with E-state index in [1.54, 1.807) is 0 Å². The molecule has 1 fully saturated rings. The summed E-state index contributed by atoms with van der Waals surface area (Å²) in [6.07, 6.45) is 8.81. The first-order valence-corrected chi connectivity index (χ1v) is 7.24. The lowest BCUT2D eigenvalue weighted by Gasteiger charge is -2.34. The Morgan fingerprint density at radius 1 is 1.33 bits per heavy atom. The van der Waals surface area contributed by atoms with Crippen LogP contribution in [-0.4, -0.2) is 42.1 Å². The molecular weight excluding hydrogens is 222 g/mol. The summed E-state index contributed by atoms with van der Waals surface area (Å²) in [6.45, 7) is 7.03. The molecule has 0 bridgehead atoms. The standard InChI is InChI=1S/C15H25N3/c1-2-11-18(15-5-9-16-10-6-15)12-7-14-4-3-8-17-13-14/h3-4,8,13,15-16H,2,5-7,9-12H2,1H3. The van der Waals surface area contributed by atoms with Gasteiger partial charge < -0.3 is 5.32 Å². The molecule has 100 valence electrons. The third-order valence-electron chi connectivity index (χ3n) is 3.75. The highest BCUT2D eigenvalue weighted by Crippen LogP contribution is 2.13. The van der Waals surface area contributed by atoms with Crippen molar-refractivity contribution < 1.29 is 0 Å². The molecular formula is C15H25N3. The van der Waals surface area contributed by atoms with Gasteiger partial charge in [0.25, 0.3) is 0 Å². The minimum atomic E-state index is 0.780. The highest BCUT2D eigenvalue weighted by atomic mass is 15.2. The Kier molecular flexibility index (Phi) is 5.62. The maximum Gasteiger partial charge on any atom is 0.0300 e. The molecule has 1 aromatic rings. The molecule has 1 saturated heterocycles. The maximum atomic E-state index is 4.19. The SMILES string of the molecule is CCCN(CCc1cccnc1)C1CCNCC1. The zero-order valence-electron chi connectivity index (χ0n) is 11.4. The number of piperidine rings is 1. The molecule has 1 aliphatic heterocycles. The lowest BCUT2D eigenvalue weighted by Crippen LogP contribution is -2.44. The van der Waals surface area contributed by atoms with Gasteiger partial charge in [0.1, 0.15) is 0 Å². The summed E-state index contributed by atoms with van der Waals surface area (Å²) < 4.78 is 0. The molecule has 1 aromatic heterocycles. The molecule has 18 heavy (non-hydrogen) atoms. The fraction of sp³-hybridized carbons (Fsp3) is 0.667. The summed E-state index contributed by atoms with van der Waals surface area (Å²) in [5.74, 6) is 0. The smallest absolute Gasteiger partial charge is 0.0300 e. The Morgan fingerprint density at radius 3 is 2.83 bits per heavy atom. The Morgan fingerprint density at radius 2 is 2.17 bits per heavy atom. The molecule has 0 aliphatic carbocycles. The topological polar surface area (TPSA) is 28.2 Å². The normalized spacial score (nSPS) is 17.2. The minimum Gasteiger partial charge on any atom is -0.317 e. The van der Waals surface area contributed by atoms with Gasteiger partial charge in [-0.3, -0.25) is 9.88 Å². The maximum absolute atomic E-state index is 4.19. The van der Waals surface area contributed by atoms with Gasteiger partial charge in [0, 0.05) is 25.0 Å². The van der Waals surface area contributed by atoms with Crippen LogP contribution in [0.1, 0.15) is 31.7 Å². The molecule has 3 nitrogen and oxygen atoms in total. The van der Waals surface area contributed by atoms with Crippen LogP contribution in [0.15, 0.2) is 24.5 Å². The molecule has 0 saturated carbocycles. The summed E-state index contributed by atoms with van der Waals surface area (Å²) in [5.41, 5.74) is 1.35. The van der Waals surface area contributed by atoms with Crippen molar-refractivity contribution in [2.45, 2.75) is 38.6 Å². The monoisotopic (exact) mass is 247 g/mol. The highest BCUT2D eigenvalue weighted by Gasteiger charge is 2.19. The van der Waals surface area contributed by atoms with Gasteiger partial charge in [-0.1, -0.05) is 13.0 Å². The predicted octanol–water partition coefficient (Wildman–Crippen LogP) is 2.09. The van der Waals surface area contributed by atoms with Gasteiger partial charge in [-0.2, -0.15) is 0 Å². The number of hydrogen-bond acceptors (Lipinski definition) is 3. The first kappa shape index (κ1) is 13.5. The zero-order chi connectivity index (χ0) is 12.6. The summed E-state index contributed by atoms with van der Waals surface area (Å²) in [7, 11) is 0. The molecule has 3 heteroatoms. The zero-order valence-corrected chi connectivity index (χ0v) is 11.4. The fourth-order valence-corrected chi connectivity index (χ4v) is 2.75. The minimum absolute atomic E-state index is 0.780. The highest BCUT2D eigenvalue weighted by molar-refractivity contribution is 5.08. The van der Waals surface area contributed by atoms with Crippen LogP contribution in [0.25, 0.3) is 0 Å². The van der Waals surface area contributed by atoms with Crippen LogP contribution in [0, 0.1) is 0 Å². The number of nitrogens with zero attached hydrogens (tertiary/aromatic N) is 2. The molecule has 2 rings (SSSR count). The van der Waals surface area contributed by atoms with Crippen LogP contribution >= 0.6 is 0 Å². The summed E-state index contributed by atoms with van der Waals surface area (Å²) >= 11 is 0. The second-order valence-corrected chi connectivity index (χ2v) is 5.13. The Hall–Kier alpha value is -0.930. The predicted molar refractivity (Wildman–Crippen MR) is 75.7 cm³/mol. The van der Waals surface area contributed by atoms with Crippen molar-refractivity contribution in [1.82, 2.24) is 15.2 Å². The second-order valence-electron chi connectivity index (χ2n) is 5.13. The van der Waals surface area contributed by atoms with Crippen molar-refractivity contribution in [2.24, 2.45) is 0 Å².